The average Bonchev–Trinajstić information content (AvgIpc) is 2.35. The summed E-state index contributed by atoms with van der Waals surface area (Å²) in [5.41, 5.74) is 0. The fourth-order valence-corrected chi connectivity index (χ4v) is 1.55. The van der Waals surface area contributed by atoms with Gasteiger partial charge >= 0.3 is 12.0 Å². The number of aliphatic carboxylic acids is 1. The lowest BCUT2D eigenvalue weighted by Crippen LogP contribution is -2.57. The van der Waals surface area contributed by atoms with Crippen LogP contribution >= 0.6 is 0 Å². The number of hydrogen-bond acceptors (Lipinski definition) is 4. The first-order chi connectivity index (χ1) is 7.99. The van der Waals surface area contributed by atoms with Crippen molar-refractivity contribution in [3.05, 3.63) is 0 Å². The molecule has 1 heterocycles. The number of carbonyl (C=O) groups excluding carboxylic acids is 1. The molecule has 1 aliphatic rings. The van der Waals surface area contributed by atoms with Gasteiger partial charge < -0.3 is 24.7 Å². The van der Waals surface area contributed by atoms with Gasteiger partial charge in [0.1, 0.15) is 0 Å². The molecule has 0 aromatic carbocycles. The summed E-state index contributed by atoms with van der Waals surface area (Å²) in [5.74, 6) is -1.08. The summed E-state index contributed by atoms with van der Waals surface area (Å²) in [4.78, 5) is 25.6. The highest BCUT2D eigenvalue weighted by Gasteiger charge is 2.35. The van der Waals surface area contributed by atoms with Crippen molar-refractivity contribution in [3.8, 4) is 0 Å². The van der Waals surface area contributed by atoms with Crippen LogP contribution in [-0.2, 0) is 9.53 Å². The van der Waals surface area contributed by atoms with Crippen molar-refractivity contribution in [1.29, 1.82) is 0 Å². The number of ether oxygens (including phenoxy) is 1. The molecule has 1 rings (SSSR count). The first kappa shape index (κ1) is 13.7. The lowest BCUT2D eigenvalue weighted by atomic mass is 10.2. The summed E-state index contributed by atoms with van der Waals surface area (Å²) in [7, 11) is 1.54. The van der Waals surface area contributed by atoms with Gasteiger partial charge in [-0.2, -0.15) is 0 Å². The van der Waals surface area contributed by atoms with E-state index in [1.807, 2.05) is 0 Å². The average molecular weight is 246 g/mol. The Morgan fingerprint density at radius 2 is 2.24 bits per heavy atom. The molecule has 0 spiro atoms. The molecule has 2 amide bonds. The molecule has 1 fully saturated rings. The van der Waals surface area contributed by atoms with E-state index in [2.05, 4.69) is 0 Å². The number of hydrogen-bond donors (Lipinski definition) is 2. The number of aliphatic hydroxyl groups is 1. The van der Waals surface area contributed by atoms with Crippen molar-refractivity contribution in [2.45, 2.75) is 19.0 Å². The van der Waals surface area contributed by atoms with Crippen LogP contribution in [0.2, 0.25) is 0 Å². The van der Waals surface area contributed by atoms with Crippen LogP contribution in [0.1, 0.15) is 6.92 Å². The van der Waals surface area contributed by atoms with Gasteiger partial charge in [0.05, 0.1) is 25.9 Å². The van der Waals surface area contributed by atoms with Crippen LogP contribution in [0, 0.1) is 0 Å². The van der Waals surface area contributed by atoms with Crippen molar-refractivity contribution >= 4 is 12.0 Å². The van der Waals surface area contributed by atoms with Crippen LogP contribution in [0.25, 0.3) is 0 Å². The summed E-state index contributed by atoms with van der Waals surface area (Å²) >= 11 is 0. The quantitative estimate of drug-likeness (QED) is 0.680. The Morgan fingerprint density at radius 3 is 2.76 bits per heavy atom. The second kappa shape index (κ2) is 5.83. The van der Waals surface area contributed by atoms with E-state index in [0.29, 0.717) is 6.61 Å². The summed E-state index contributed by atoms with van der Waals surface area (Å²) in [6.45, 7) is 2.11. The molecule has 0 radical (unpaired) electrons. The zero-order valence-electron chi connectivity index (χ0n) is 10.00. The Bertz CT molecular complexity index is 296. The fourth-order valence-electron chi connectivity index (χ4n) is 1.55. The number of amides is 2. The molecule has 1 saturated heterocycles. The third kappa shape index (κ3) is 3.07. The maximum absolute atomic E-state index is 12.0. The van der Waals surface area contributed by atoms with E-state index in [1.165, 1.54) is 16.8 Å². The molecule has 2 N–H and O–H groups in total. The molecule has 0 aliphatic carbocycles. The van der Waals surface area contributed by atoms with Crippen LogP contribution < -0.4 is 0 Å². The second-order valence-electron chi connectivity index (χ2n) is 4.05. The van der Waals surface area contributed by atoms with Gasteiger partial charge in [0.2, 0.25) is 0 Å². The number of nitrogens with zero attached hydrogens (tertiary/aromatic N) is 2. The van der Waals surface area contributed by atoms with E-state index < -0.39 is 18.0 Å². The number of carboxylic acids is 1. The minimum absolute atomic E-state index is 0.00240. The number of urea groups is 1. The molecule has 0 saturated carbocycles. The predicted molar refractivity (Wildman–Crippen MR) is 58.7 cm³/mol. The van der Waals surface area contributed by atoms with Gasteiger partial charge in [-0.3, -0.25) is 0 Å². The number of morpholine rings is 1. The third-order valence-electron chi connectivity index (χ3n) is 2.89. The molecule has 1 aliphatic heterocycles. The molecular formula is C10H18N2O5. The van der Waals surface area contributed by atoms with E-state index in [1.54, 1.807) is 6.92 Å². The molecule has 98 valence electrons. The molecule has 2 unspecified atom stereocenters. The number of carbonyl (C=O) groups is 2. The molecular weight excluding hydrogens is 228 g/mol. The van der Waals surface area contributed by atoms with Gasteiger partial charge in [0, 0.05) is 13.6 Å². The largest absolute Gasteiger partial charge is 0.480 e. The molecule has 0 bridgehead atoms. The Labute approximate surface area is 99.6 Å². The van der Waals surface area contributed by atoms with E-state index in [0.717, 1.165) is 0 Å². The highest BCUT2D eigenvalue weighted by atomic mass is 16.5. The smallest absolute Gasteiger partial charge is 0.328 e. The summed E-state index contributed by atoms with van der Waals surface area (Å²) in [6.07, 6.45) is 0. The van der Waals surface area contributed by atoms with Crippen molar-refractivity contribution < 1.29 is 24.5 Å². The molecule has 2 atom stereocenters. The third-order valence-corrected chi connectivity index (χ3v) is 2.89. The fraction of sp³-hybridized carbons (Fsp3) is 0.800. The van der Waals surface area contributed by atoms with Crippen molar-refractivity contribution in [3.63, 3.8) is 0 Å². The minimum Gasteiger partial charge on any atom is -0.480 e. The predicted octanol–water partition coefficient (Wildman–Crippen LogP) is -0.796. The van der Waals surface area contributed by atoms with E-state index >= 15 is 0 Å². The van der Waals surface area contributed by atoms with E-state index in [-0.39, 0.29) is 25.8 Å². The van der Waals surface area contributed by atoms with Crippen molar-refractivity contribution in [1.82, 2.24) is 9.80 Å². The number of carboxylic acid groups (broad SMARTS) is 1. The van der Waals surface area contributed by atoms with Crippen LogP contribution in [0.5, 0.6) is 0 Å². The second-order valence-corrected chi connectivity index (χ2v) is 4.05. The Hall–Kier alpha value is -1.34. The lowest BCUT2D eigenvalue weighted by Gasteiger charge is -2.37. The minimum atomic E-state index is -1.08. The van der Waals surface area contributed by atoms with Crippen LogP contribution in [0.15, 0.2) is 0 Å². The topological polar surface area (TPSA) is 90.3 Å². The Balaban J connectivity index is 2.74. The number of aliphatic hydroxyl groups excluding tert-OH is 1. The van der Waals surface area contributed by atoms with Gasteiger partial charge in [-0.15, -0.1) is 0 Å². The highest BCUT2D eigenvalue weighted by Crippen LogP contribution is 2.11. The standard InChI is InChI=1S/C10H18N2O5/c1-7(5-13)11(2)10(16)12-3-4-17-6-8(12)9(14)15/h7-8,13H,3-6H2,1-2H3,(H,14,15). The molecule has 0 aromatic heterocycles. The zero-order valence-corrected chi connectivity index (χ0v) is 10.00. The van der Waals surface area contributed by atoms with Crippen molar-refractivity contribution in [2.24, 2.45) is 0 Å². The van der Waals surface area contributed by atoms with Crippen LogP contribution in [0.4, 0.5) is 4.79 Å². The van der Waals surface area contributed by atoms with Crippen molar-refractivity contribution in [2.75, 3.05) is 33.4 Å². The molecule has 7 nitrogen and oxygen atoms in total. The molecule has 7 heteroatoms. The summed E-state index contributed by atoms with van der Waals surface area (Å²) in [5, 5.41) is 18.0. The monoisotopic (exact) mass is 246 g/mol. The first-order valence-corrected chi connectivity index (χ1v) is 5.44. The van der Waals surface area contributed by atoms with Gasteiger partial charge in [-0.1, -0.05) is 0 Å². The SMILES string of the molecule is CC(CO)N(C)C(=O)N1CCOCC1C(=O)O. The Morgan fingerprint density at radius 1 is 1.59 bits per heavy atom. The number of likely N-dealkylation sites (N-methyl/N-ethyl adjacent to an activating group) is 1. The van der Waals surface area contributed by atoms with Gasteiger partial charge in [-0.25, -0.2) is 9.59 Å². The van der Waals surface area contributed by atoms with Crippen LogP contribution in [-0.4, -0.2) is 77.5 Å². The molecule has 17 heavy (non-hydrogen) atoms. The van der Waals surface area contributed by atoms with E-state index in [4.69, 9.17) is 14.9 Å². The maximum atomic E-state index is 12.0. The van der Waals surface area contributed by atoms with Crippen LogP contribution in [0.3, 0.4) is 0 Å². The normalized spacial score (nSPS) is 22.1. The number of rotatable bonds is 3. The summed E-state index contributed by atoms with van der Waals surface area (Å²) in [6, 6.07) is -1.70. The zero-order chi connectivity index (χ0) is 13.0. The summed E-state index contributed by atoms with van der Waals surface area (Å²) < 4.78 is 5.05. The van der Waals surface area contributed by atoms with Gasteiger partial charge in [0.15, 0.2) is 6.04 Å². The Kier molecular flexibility index (Phi) is 4.71. The first-order valence-electron chi connectivity index (χ1n) is 5.44. The van der Waals surface area contributed by atoms with Gasteiger partial charge in [0.25, 0.3) is 0 Å². The highest BCUT2D eigenvalue weighted by molar-refractivity contribution is 5.83. The maximum Gasteiger partial charge on any atom is 0.328 e. The molecule has 0 aromatic rings. The van der Waals surface area contributed by atoms with E-state index in [9.17, 15) is 9.59 Å². The lowest BCUT2D eigenvalue weighted by molar-refractivity contribution is -0.147. The van der Waals surface area contributed by atoms with Gasteiger partial charge in [-0.05, 0) is 6.92 Å².